The van der Waals surface area contributed by atoms with Crippen LogP contribution in [0, 0.1) is 5.92 Å². The average molecular weight is 219 g/mol. The molecule has 16 heavy (non-hydrogen) atoms. The lowest BCUT2D eigenvalue weighted by molar-refractivity contribution is 0.688. The van der Waals surface area contributed by atoms with E-state index in [2.05, 4.69) is 22.2 Å². The molecule has 1 unspecified atom stereocenters. The van der Waals surface area contributed by atoms with Crippen LogP contribution in [0.15, 0.2) is 10.9 Å². The Morgan fingerprint density at radius 1 is 1.44 bits per heavy atom. The van der Waals surface area contributed by atoms with E-state index in [1.54, 1.807) is 6.07 Å². The van der Waals surface area contributed by atoms with Gasteiger partial charge in [0.1, 0.15) is 11.6 Å². The van der Waals surface area contributed by atoms with E-state index in [1.807, 2.05) is 0 Å². The van der Waals surface area contributed by atoms with Gasteiger partial charge in [0.15, 0.2) is 0 Å². The van der Waals surface area contributed by atoms with Crippen LogP contribution in [0.4, 0.5) is 5.82 Å². The summed E-state index contributed by atoms with van der Waals surface area (Å²) in [5, 5.41) is 3.34. The molecule has 0 bridgehead atoms. The zero-order valence-electron chi connectivity index (χ0n) is 9.49. The maximum Gasteiger partial charge on any atom is 0.252 e. The van der Waals surface area contributed by atoms with Crippen molar-refractivity contribution in [3.63, 3.8) is 0 Å². The van der Waals surface area contributed by atoms with Gasteiger partial charge in [0, 0.05) is 18.0 Å². The SMILES string of the molecule is CC(Nc1cc(=O)[nH]c(C2CC2)n1)C1CC1. The van der Waals surface area contributed by atoms with E-state index >= 15 is 0 Å². The van der Waals surface area contributed by atoms with Gasteiger partial charge in [-0.15, -0.1) is 0 Å². The molecule has 2 saturated carbocycles. The van der Waals surface area contributed by atoms with Crippen LogP contribution in [0.25, 0.3) is 0 Å². The number of H-pyrrole nitrogens is 1. The lowest BCUT2D eigenvalue weighted by Crippen LogP contribution is -2.21. The molecule has 1 atom stereocenters. The van der Waals surface area contributed by atoms with Crippen molar-refractivity contribution in [1.82, 2.24) is 9.97 Å². The van der Waals surface area contributed by atoms with E-state index in [1.165, 1.54) is 12.8 Å². The Kier molecular flexibility index (Phi) is 2.23. The van der Waals surface area contributed by atoms with Crippen LogP contribution >= 0.6 is 0 Å². The molecule has 0 spiro atoms. The molecular formula is C12H17N3O. The molecule has 4 heteroatoms. The van der Waals surface area contributed by atoms with E-state index in [-0.39, 0.29) is 5.56 Å². The van der Waals surface area contributed by atoms with Gasteiger partial charge in [0.25, 0.3) is 5.56 Å². The maximum atomic E-state index is 11.5. The van der Waals surface area contributed by atoms with E-state index < -0.39 is 0 Å². The summed E-state index contributed by atoms with van der Waals surface area (Å²) >= 11 is 0. The monoisotopic (exact) mass is 219 g/mol. The molecule has 1 heterocycles. The van der Waals surface area contributed by atoms with E-state index in [0.717, 1.165) is 30.4 Å². The Hall–Kier alpha value is -1.32. The molecule has 86 valence electrons. The summed E-state index contributed by atoms with van der Waals surface area (Å²) in [7, 11) is 0. The first-order valence-electron chi connectivity index (χ1n) is 6.10. The quantitative estimate of drug-likeness (QED) is 0.812. The minimum Gasteiger partial charge on any atom is -0.367 e. The van der Waals surface area contributed by atoms with Crippen molar-refractivity contribution >= 4 is 5.82 Å². The molecular weight excluding hydrogens is 202 g/mol. The average Bonchev–Trinajstić information content (AvgIpc) is 3.10. The lowest BCUT2D eigenvalue weighted by Gasteiger charge is -2.13. The summed E-state index contributed by atoms with van der Waals surface area (Å²) in [5.41, 5.74) is -0.0394. The van der Waals surface area contributed by atoms with Gasteiger partial charge in [0.05, 0.1) is 0 Å². The molecule has 4 nitrogen and oxygen atoms in total. The number of nitrogens with zero attached hydrogens (tertiary/aromatic N) is 1. The van der Waals surface area contributed by atoms with Gasteiger partial charge in [-0.3, -0.25) is 4.79 Å². The summed E-state index contributed by atoms with van der Waals surface area (Å²) in [5.74, 6) is 2.86. The number of rotatable bonds is 4. The van der Waals surface area contributed by atoms with Gasteiger partial charge < -0.3 is 10.3 Å². The van der Waals surface area contributed by atoms with Gasteiger partial charge in [-0.25, -0.2) is 4.98 Å². The second-order valence-electron chi connectivity index (χ2n) is 5.06. The first-order chi connectivity index (χ1) is 7.72. The van der Waals surface area contributed by atoms with Crippen LogP contribution in [-0.4, -0.2) is 16.0 Å². The predicted octanol–water partition coefficient (Wildman–Crippen LogP) is 1.86. The predicted molar refractivity (Wildman–Crippen MR) is 62.6 cm³/mol. The molecule has 1 aromatic heterocycles. The lowest BCUT2D eigenvalue weighted by atomic mass is 10.2. The highest BCUT2D eigenvalue weighted by atomic mass is 16.1. The van der Waals surface area contributed by atoms with E-state index in [4.69, 9.17) is 0 Å². The highest BCUT2D eigenvalue weighted by Gasteiger charge is 2.29. The largest absolute Gasteiger partial charge is 0.367 e. The van der Waals surface area contributed by atoms with Crippen molar-refractivity contribution < 1.29 is 0 Å². The van der Waals surface area contributed by atoms with Gasteiger partial charge in [-0.2, -0.15) is 0 Å². The summed E-state index contributed by atoms with van der Waals surface area (Å²) in [6, 6.07) is 1.99. The standard InChI is InChI=1S/C12H17N3O/c1-7(8-2-3-8)13-10-6-11(16)15-12(14-10)9-4-5-9/h6-9H,2-5H2,1H3,(H2,13,14,15,16). The molecule has 0 aliphatic heterocycles. The smallest absolute Gasteiger partial charge is 0.252 e. The minimum absolute atomic E-state index is 0.0394. The third kappa shape index (κ3) is 2.10. The van der Waals surface area contributed by atoms with Crippen LogP contribution in [0.5, 0.6) is 0 Å². The molecule has 0 amide bonds. The van der Waals surface area contributed by atoms with Crippen molar-refractivity contribution in [1.29, 1.82) is 0 Å². The van der Waals surface area contributed by atoms with Crippen LogP contribution < -0.4 is 10.9 Å². The van der Waals surface area contributed by atoms with Crippen molar-refractivity contribution in [2.24, 2.45) is 5.92 Å². The third-order valence-electron chi connectivity index (χ3n) is 3.43. The fourth-order valence-electron chi connectivity index (χ4n) is 2.05. The Labute approximate surface area is 94.5 Å². The zero-order chi connectivity index (χ0) is 11.1. The van der Waals surface area contributed by atoms with Gasteiger partial charge >= 0.3 is 0 Å². The molecule has 0 saturated heterocycles. The van der Waals surface area contributed by atoms with Gasteiger partial charge in [-0.1, -0.05) is 0 Å². The number of anilines is 1. The van der Waals surface area contributed by atoms with Crippen molar-refractivity contribution in [2.75, 3.05) is 5.32 Å². The van der Waals surface area contributed by atoms with Crippen LogP contribution in [0.1, 0.15) is 44.3 Å². The number of nitrogens with one attached hydrogen (secondary N) is 2. The fourth-order valence-corrected chi connectivity index (χ4v) is 2.05. The number of aromatic amines is 1. The first kappa shape index (κ1) is 9.87. The summed E-state index contributed by atoms with van der Waals surface area (Å²) in [6.07, 6.45) is 4.91. The zero-order valence-corrected chi connectivity index (χ0v) is 9.49. The Morgan fingerprint density at radius 3 is 2.81 bits per heavy atom. The summed E-state index contributed by atoms with van der Waals surface area (Å²) < 4.78 is 0. The number of hydrogen-bond donors (Lipinski definition) is 2. The molecule has 2 aliphatic carbocycles. The second-order valence-corrected chi connectivity index (χ2v) is 5.06. The molecule has 0 aromatic carbocycles. The highest BCUT2D eigenvalue weighted by Crippen LogP contribution is 2.38. The van der Waals surface area contributed by atoms with Gasteiger partial charge in [-0.05, 0) is 38.5 Å². The van der Waals surface area contributed by atoms with Crippen LogP contribution in [-0.2, 0) is 0 Å². The topological polar surface area (TPSA) is 57.8 Å². The van der Waals surface area contributed by atoms with Crippen molar-refractivity contribution in [3.05, 3.63) is 22.2 Å². The first-order valence-corrected chi connectivity index (χ1v) is 6.10. The molecule has 2 aliphatic rings. The molecule has 0 radical (unpaired) electrons. The van der Waals surface area contributed by atoms with Crippen LogP contribution in [0.3, 0.4) is 0 Å². The minimum atomic E-state index is -0.0394. The fraction of sp³-hybridized carbons (Fsp3) is 0.667. The second kappa shape index (κ2) is 3.61. The van der Waals surface area contributed by atoms with Gasteiger partial charge in [0.2, 0.25) is 0 Å². The van der Waals surface area contributed by atoms with Crippen molar-refractivity contribution in [3.8, 4) is 0 Å². The summed E-state index contributed by atoms with van der Waals surface area (Å²) in [6.45, 7) is 2.16. The molecule has 2 N–H and O–H groups in total. The third-order valence-corrected chi connectivity index (χ3v) is 3.43. The highest BCUT2D eigenvalue weighted by molar-refractivity contribution is 5.35. The van der Waals surface area contributed by atoms with Crippen molar-refractivity contribution in [2.45, 2.75) is 44.6 Å². The normalized spacial score (nSPS) is 21.8. The summed E-state index contributed by atoms with van der Waals surface area (Å²) in [4.78, 5) is 18.8. The van der Waals surface area contributed by atoms with E-state index in [0.29, 0.717) is 12.0 Å². The Balaban J connectivity index is 1.79. The maximum absolute atomic E-state index is 11.5. The van der Waals surface area contributed by atoms with Crippen LogP contribution in [0.2, 0.25) is 0 Å². The van der Waals surface area contributed by atoms with E-state index in [9.17, 15) is 4.79 Å². The molecule has 1 aromatic rings. The molecule has 2 fully saturated rings. The number of aromatic nitrogens is 2. The Morgan fingerprint density at radius 2 is 2.19 bits per heavy atom. The molecule has 3 rings (SSSR count). The Bertz CT molecular complexity index is 446. The number of hydrogen-bond acceptors (Lipinski definition) is 3.